The molecule has 0 aliphatic heterocycles. The Labute approximate surface area is 103 Å². The predicted octanol–water partition coefficient (Wildman–Crippen LogP) is 1.37. The van der Waals surface area contributed by atoms with Crippen molar-refractivity contribution in [3.63, 3.8) is 0 Å². The van der Waals surface area contributed by atoms with E-state index in [-0.39, 0.29) is 6.54 Å². The zero-order valence-electron chi connectivity index (χ0n) is 9.71. The minimum absolute atomic E-state index is 0.203. The molecule has 1 aromatic carbocycles. The van der Waals surface area contributed by atoms with Crippen LogP contribution in [0.15, 0.2) is 28.8 Å². The summed E-state index contributed by atoms with van der Waals surface area (Å²) in [6, 6.07) is 6.95. The highest BCUT2D eigenvalue weighted by Crippen LogP contribution is 2.18. The number of methoxy groups -OCH3 is 1. The quantitative estimate of drug-likeness (QED) is 0.850. The molecule has 0 aliphatic rings. The Hall–Kier alpha value is -2.41. The summed E-state index contributed by atoms with van der Waals surface area (Å²) in [5, 5.41) is 6.33. The fraction of sp³-hybridized carbons (Fsp3) is 0.182. The average Bonchev–Trinajstić information content (AvgIpc) is 2.88. The summed E-state index contributed by atoms with van der Waals surface area (Å²) >= 11 is 0. The van der Waals surface area contributed by atoms with Crippen molar-refractivity contribution < 1.29 is 14.1 Å². The molecule has 0 unspecified atom stereocenters. The molecule has 0 spiro atoms. The van der Waals surface area contributed by atoms with Gasteiger partial charge in [-0.3, -0.25) is 5.32 Å². The number of carbonyl (C=O) groups is 1. The molecule has 3 N–H and O–H groups in total. The second kappa shape index (κ2) is 5.28. The Morgan fingerprint density at radius 3 is 2.72 bits per heavy atom. The molecule has 0 aliphatic carbocycles. The third-order valence-electron chi connectivity index (χ3n) is 2.22. The van der Waals surface area contributed by atoms with Crippen molar-refractivity contribution in [1.82, 2.24) is 10.1 Å². The summed E-state index contributed by atoms with van der Waals surface area (Å²) in [6.07, 6.45) is -0.521. The van der Waals surface area contributed by atoms with Gasteiger partial charge in [0.05, 0.1) is 13.7 Å². The number of nitrogens with two attached hydrogens (primary N) is 1. The van der Waals surface area contributed by atoms with Gasteiger partial charge in [-0.2, -0.15) is 4.98 Å². The zero-order valence-corrected chi connectivity index (χ0v) is 9.71. The predicted molar refractivity (Wildman–Crippen MR) is 63.7 cm³/mol. The summed E-state index contributed by atoms with van der Waals surface area (Å²) in [5.74, 6) is 0.835. The van der Waals surface area contributed by atoms with Gasteiger partial charge >= 0.3 is 6.09 Å². The molecule has 0 fully saturated rings. The third kappa shape index (κ3) is 2.64. The van der Waals surface area contributed by atoms with Crippen molar-refractivity contribution in [3.05, 3.63) is 30.2 Å². The monoisotopic (exact) mass is 248 g/mol. The van der Waals surface area contributed by atoms with Crippen LogP contribution in [-0.4, -0.2) is 23.3 Å². The number of hydrogen-bond acceptors (Lipinski definition) is 6. The Balaban J connectivity index is 2.14. The third-order valence-corrected chi connectivity index (χ3v) is 2.22. The minimum Gasteiger partial charge on any atom is -0.453 e. The maximum atomic E-state index is 11.0. The number of rotatable bonds is 3. The molecule has 94 valence electrons. The fourth-order valence-corrected chi connectivity index (χ4v) is 1.33. The molecule has 18 heavy (non-hydrogen) atoms. The number of aromatic nitrogens is 2. The van der Waals surface area contributed by atoms with Gasteiger partial charge in [-0.05, 0) is 24.3 Å². The number of ether oxygens (including phenoxy) is 1. The molecule has 2 rings (SSSR count). The summed E-state index contributed by atoms with van der Waals surface area (Å²) in [4.78, 5) is 15.1. The molecule has 0 saturated heterocycles. The standard InChI is InChI=1S/C11H12N4O3/c1-17-11(16)13-8-4-2-7(3-5-8)10-14-9(6-12)18-15-10/h2-5H,6,12H2,1H3,(H,13,16). The highest BCUT2D eigenvalue weighted by Gasteiger charge is 2.07. The van der Waals surface area contributed by atoms with Gasteiger partial charge in [0.2, 0.25) is 11.7 Å². The lowest BCUT2D eigenvalue weighted by molar-refractivity contribution is 0.187. The maximum Gasteiger partial charge on any atom is 0.411 e. The van der Waals surface area contributed by atoms with Crippen LogP contribution >= 0.6 is 0 Å². The first-order valence-corrected chi connectivity index (χ1v) is 5.21. The van der Waals surface area contributed by atoms with Gasteiger partial charge in [0, 0.05) is 11.3 Å². The largest absolute Gasteiger partial charge is 0.453 e. The Bertz CT molecular complexity index is 535. The molecule has 1 heterocycles. The average molecular weight is 248 g/mol. The van der Waals surface area contributed by atoms with E-state index in [9.17, 15) is 4.79 Å². The maximum absolute atomic E-state index is 11.0. The van der Waals surface area contributed by atoms with Crippen LogP contribution in [0.25, 0.3) is 11.4 Å². The van der Waals surface area contributed by atoms with Crippen molar-refractivity contribution in [2.75, 3.05) is 12.4 Å². The molecular weight excluding hydrogens is 236 g/mol. The topological polar surface area (TPSA) is 103 Å². The summed E-state index contributed by atoms with van der Waals surface area (Å²) < 4.78 is 9.39. The van der Waals surface area contributed by atoms with Crippen LogP contribution in [0.4, 0.5) is 10.5 Å². The zero-order chi connectivity index (χ0) is 13.0. The van der Waals surface area contributed by atoms with Gasteiger partial charge in [-0.1, -0.05) is 5.16 Å². The molecule has 0 bridgehead atoms. The lowest BCUT2D eigenvalue weighted by Gasteiger charge is -2.03. The van der Waals surface area contributed by atoms with Crippen LogP contribution in [-0.2, 0) is 11.3 Å². The highest BCUT2D eigenvalue weighted by molar-refractivity contribution is 5.84. The number of carbonyl (C=O) groups excluding carboxylic acids is 1. The van der Waals surface area contributed by atoms with Crippen LogP contribution in [0.2, 0.25) is 0 Å². The molecule has 1 amide bonds. The molecular formula is C11H12N4O3. The number of hydrogen-bond donors (Lipinski definition) is 2. The minimum atomic E-state index is -0.521. The van der Waals surface area contributed by atoms with Crippen LogP contribution in [0.1, 0.15) is 5.89 Å². The summed E-state index contributed by atoms with van der Waals surface area (Å²) in [5.41, 5.74) is 6.77. The lowest BCUT2D eigenvalue weighted by Crippen LogP contribution is -2.10. The number of anilines is 1. The molecule has 7 heteroatoms. The van der Waals surface area contributed by atoms with Crippen molar-refractivity contribution in [1.29, 1.82) is 0 Å². The van der Waals surface area contributed by atoms with Gasteiger partial charge < -0.3 is 15.0 Å². The summed E-state index contributed by atoms with van der Waals surface area (Å²) in [7, 11) is 1.30. The molecule has 0 saturated carbocycles. The fourth-order valence-electron chi connectivity index (χ4n) is 1.33. The normalized spacial score (nSPS) is 10.1. The number of nitrogens with one attached hydrogen (secondary N) is 1. The van der Waals surface area contributed by atoms with E-state index in [2.05, 4.69) is 20.2 Å². The van der Waals surface area contributed by atoms with E-state index in [0.29, 0.717) is 17.4 Å². The van der Waals surface area contributed by atoms with Gasteiger partial charge in [0.1, 0.15) is 0 Å². The Kier molecular flexibility index (Phi) is 3.54. The summed E-state index contributed by atoms with van der Waals surface area (Å²) in [6.45, 7) is 0.203. The van der Waals surface area contributed by atoms with E-state index in [4.69, 9.17) is 10.3 Å². The molecule has 2 aromatic rings. The van der Waals surface area contributed by atoms with E-state index < -0.39 is 6.09 Å². The smallest absolute Gasteiger partial charge is 0.411 e. The molecule has 0 atom stereocenters. The van der Waals surface area contributed by atoms with E-state index >= 15 is 0 Å². The van der Waals surface area contributed by atoms with Crippen LogP contribution in [0.5, 0.6) is 0 Å². The first-order chi connectivity index (χ1) is 8.72. The second-order valence-corrected chi connectivity index (χ2v) is 3.41. The van der Waals surface area contributed by atoms with Crippen molar-refractivity contribution in [2.24, 2.45) is 5.73 Å². The molecule has 1 aromatic heterocycles. The van der Waals surface area contributed by atoms with Crippen LogP contribution in [0, 0.1) is 0 Å². The van der Waals surface area contributed by atoms with Crippen LogP contribution in [0.3, 0.4) is 0 Å². The Morgan fingerprint density at radius 2 is 2.17 bits per heavy atom. The van der Waals surface area contributed by atoms with E-state index in [0.717, 1.165) is 5.56 Å². The molecule has 0 radical (unpaired) electrons. The van der Waals surface area contributed by atoms with Crippen molar-refractivity contribution >= 4 is 11.8 Å². The van der Waals surface area contributed by atoms with Gasteiger partial charge in [-0.25, -0.2) is 4.79 Å². The number of nitrogens with zero attached hydrogens (tertiary/aromatic N) is 2. The van der Waals surface area contributed by atoms with Crippen molar-refractivity contribution in [2.45, 2.75) is 6.54 Å². The second-order valence-electron chi connectivity index (χ2n) is 3.41. The first kappa shape index (κ1) is 12.1. The number of amides is 1. The Morgan fingerprint density at radius 1 is 1.44 bits per heavy atom. The van der Waals surface area contributed by atoms with E-state index in [1.807, 2.05) is 0 Å². The SMILES string of the molecule is COC(=O)Nc1ccc(-c2noc(CN)n2)cc1. The lowest BCUT2D eigenvalue weighted by atomic mass is 10.2. The van der Waals surface area contributed by atoms with Gasteiger partial charge in [0.15, 0.2) is 0 Å². The van der Waals surface area contributed by atoms with Gasteiger partial charge in [0.25, 0.3) is 0 Å². The molecule has 7 nitrogen and oxygen atoms in total. The first-order valence-electron chi connectivity index (χ1n) is 5.21. The van der Waals surface area contributed by atoms with E-state index in [1.54, 1.807) is 24.3 Å². The van der Waals surface area contributed by atoms with Gasteiger partial charge in [-0.15, -0.1) is 0 Å². The highest BCUT2D eigenvalue weighted by atomic mass is 16.5. The van der Waals surface area contributed by atoms with Crippen molar-refractivity contribution in [3.8, 4) is 11.4 Å². The van der Waals surface area contributed by atoms with Crippen LogP contribution < -0.4 is 11.1 Å². The number of benzene rings is 1. The van der Waals surface area contributed by atoms with E-state index in [1.165, 1.54) is 7.11 Å².